The third-order valence-electron chi connectivity index (χ3n) is 1.88. The van der Waals surface area contributed by atoms with Crippen LogP contribution in [-0.2, 0) is 4.74 Å². The Balaban J connectivity index is 2.36. The third kappa shape index (κ3) is 2.39. The molecule has 62 valence electrons. The Morgan fingerprint density at radius 2 is 2.00 bits per heavy atom. The molecule has 0 amide bonds. The van der Waals surface area contributed by atoms with E-state index in [-0.39, 0.29) is 0 Å². The van der Waals surface area contributed by atoms with E-state index in [1.54, 1.807) is 7.11 Å². The van der Waals surface area contributed by atoms with Crippen LogP contribution >= 0.6 is 0 Å². The maximum atomic E-state index is 5.00. The molecule has 2 nitrogen and oxygen atoms in total. The summed E-state index contributed by atoms with van der Waals surface area (Å²) in [6.45, 7) is 3.03. The first-order valence-electron chi connectivity index (χ1n) is 3.96. The van der Waals surface area contributed by atoms with Crippen molar-refractivity contribution >= 4 is 0 Å². The summed E-state index contributed by atoms with van der Waals surface area (Å²) in [5.41, 5.74) is 0. The summed E-state index contributed by atoms with van der Waals surface area (Å²) in [5.74, 6) is 0. The molecule has 1 heterocycles. The molecule has 0 saturated carbocycles. The van der Waals surface area contributed by atoms with E-state index in [0.29, 0.717) is 6.04 Å². The molecule has 0 aliphatic heterocycles. The monoisotopic (exact) mass is 153 g/mol. The van der Waals surface area contributed by atoms with Crippen LogP contribution in [0.25, 0.3) is 0 Å². The summed E-state index contributed by atoms with van der Waals surface area (Å²) in [7, 11) is 1.74. The second kappa shape index (κ2) is 4.19. The summed E-state index contributed by atoms with van der Waals surface area (Å²) in [5, 5.41) is 0. The van der Waals surface area contributed by atoms with Gasteiger partial charge in [0.2, 0.25) is 0 Å². The fraction of sp³-hybridized carbons (Fsp3) is 0.556. The van der Waals surface area contributed by atoms with E-state index in [1.165, 1.54) is 0 Å². The van der Waals surface area contributed by atoms with Gasteiger partial charge >= 0.3 is 0 Å². The molecule has 0 saturated heterocycles. The zero-order chi connectivity index (χ0) is 8.10. The molecular formula is C9H15NO. The molecule has 0 aliphatic carbocycles. The van der Waals surface area contributed by atoms with Gasteiger partial charge in [0.25, 0.3) is 0 Å². The Labute approximate surface area is 67.8 Å². The molecular weight excluding hydrogens is 138 g/mol. The number of rotatable bonds is 4. The van der Waals surface area contributed by atoms with Crippen LogP contribution in [-0.4, -0.2) is 18.3 Å². The third-order valence-corrected chi connectivity index (χ3v) is 1.88. The van der Waals surface area contributed by atoms with E-state index in [2.05, 4.69) is 23.9 Å². The Hall–Kier alpha value is -0.760. The molecule has 1 aromatic rings. The lowest BCUT2D eigenvalue weighted by molar-refractivity contribution is 0.181. The first-order chi connectivity index (χ1) is 5.34. The molecule has 0 spiro atoms. The van der Waals surface area contributed by atoms with Crippen molar-refractivity contribution in [2.24, 2.45) is 0 Å². The van der Waals surface area contributed by atoms with Gasteiger partial charge in [-0.3, -0.25) is 0 Å². The second-order valence-electron chi connectivity index (χ2n) is 2.76. The molecule has 0 radical (unpaired) electrons. The summed E-state index contributed by atoms with van der Waals surface area (Å²) in [6.07, 6.45) is 5.24. The first kappa shape index (κ1) is 8.34. The van der Waals surface area contributed by atoms with Crippen LogP contribution in [0, 0.1) is 0 Å². The molecule has 1 unspecified atom stereocenters. The lowest BCUT2D eigenvalue weighted by atomic mass is 10.2. The van der Waals surface area contributed by atoms with Gasteiger partial charge in [-0.05, 0) is 25.5 Å². The van der Waals surface area contributed by atoms with E-state index in [0.717, 1.165) is 13.0 Å². The molecule has 1 aromatic heterocycles. The minimum absolute atomic E-state index is 0.546. The molecule has 0 N–H and O–H groups in total. The summed E-state index contributed by atoms with van der Waals surface area (Å²) in [6, 6.07) is 4.64. The van der Waals surface area contributed by atoms with Gasteiger partial charge in [-0.2, -0.15) is 0 Å². The van der Waals surface area contributed by atoms with Crippen LogP contribution in [0.4, 0.5) is 0 Å². The van der Waals surface area contributed by atoms with E-state index in [1.807, 2.05) is 12.1 Å². The van der Waals surface area contributed by atoms with Gasteiger partial charge in [-0.15, -0.1) is 0 Å². The number of aromatic nitrogens is 1. The average Bonchev–Trinajstić information content (AvgIpc) is 2.52. The predicted molar refractivity (Wildman–Crippen MR) is 45.6 cm³/mol. The van der Waals surface area contributed by atoms with Gasteiger partial charge < -0.3 is 9.30 Å². The lowest BCUT2D eigenvalue weighted by Crippen LogP contribution is -2.05. The smallest absolute Gasteiger partial charge is 0.0481 e. The highest BCUT2D eigenvalue weighted by Crippen LogP contribution is 2.09. The summed E-state index contributed by atoms with van der Waals surface area (Å²) in [4.78, 5) is 0. The first-order valence-corrected chi connectivity index (χ1v) is 3.96. The molecule has 1 rings (SSSR count). The largest absolute Gasteiger partial charge is 0.385 e. The second-order valence-corrected chi connectivity index (χ2v) is 2.76. The summed E-state index contributed by atoms with van der Waals surface area (Å²) >= 11 is 0. The fourth-order valence-electron chi connectivity index (χ4n) is 1.08. The van der Waals surface area contributed by atoms with Crippen LogP contribution in [0.5, 0.6) is 0 Å². The van der Waals surface area contributed by atoms with E-state index in [9.17, 15) is 0 Å². The van der Waals surface area contributed by atoms with Crippen molar-refractivity contribution in [2.45, 2.75) is 19.4 Å². The minimum atomic E-state index is 0.546. The van der Waals surface area contributed by atoms with Crippen LogP contribution in [0.3, 0.4) is 0 Å². The Morgan fingerprint density at radius 1 is 1.36 bits per heavy atom. The molecule has 0 aromatic carbocycles. The highest BCUT2D eigenvalue weighted by Gasteiger charge is 2.00. The van der Waals surface area contributed by atoms with Crippen molar-refractivity contribution in [2.75, 3.05) is 13.7 Å². The standard InChI is InChI=1S/C9H15NO/c1-9(5-8-11-2)10-6-3-4-7-10/h3-4,6-7,9H,5,8H2,1-2H3. The van der Waals surface area contributed by atoms with Crippen LogP contribution in [0.15, 0.2) is 24.5 Å². The van der Waals surface area contributed by atoms with Crippen molar-refractivity contribution in [1.29, 1.82) is 0 Å². The average molecular weight is 153 g/mol. The maximum absolute atomic E-state index is 5.00. The van der Waals surface area contributed by atoms with Crippen molar-refractivity contribution < 1.29 is 4.74 Å². The van der Waals surface area contributed by atoms with Gasteiger partial charge in [0, 0.05) is 32.2 Å². The SMILES string of the molecule is COCCC(C)n1cccc1. The molecule has 0 bridgehead atoms. The lowest BCUT2D eigenvalue weighted by Gasteiger charge is -2.12. The minimum Gasteiger partial charge on any atom is -0.385 e. The van der Waals surface area contributed by atoms with Crippen molar-refractivity contribution in [3.8, 4) is 0 Å². The molecule has 11 heavy (non-hydrogen) atoms. The summed E-state index contributed by atoms with van der Waals surface area (Å²) < 4.78 is 7.19. The number of nitrogens with zero attached hydrogens (tertiary/aromatic N) is 1. The van der Waals surface area contributed by atoms with Crippen molar-refractivity contribution in [3.05, 3.63) is 24.5 Å². The molecule has 0 aliphatic rings. The normalized spacial score (nSPS) is 13.3. The Bertz CT molecular complexity index is 181. The van der Waals surface area contributed by atoms with Crippen molar-refractivity contribution in [3.63, 3.8) is 0 Å². The van der Waals surface area contributed by atoms with Crippen LogP contribution in [0.1, 0.15) is 19.4 Å². The van der Waals surface area contributed by atoms with Crippen LogP contribution < -0.4 is 0 Å². The predicted octanol–water partition coefficient (Wildman–Crippen LogP) is 2.09. The molecule has 0 fully saturated rings. The zero-order valence-corrected chi connectivity index (χ0v) is 7.16. The number of methoxy groups -OCH3 is 1. The fourth-order valence-corrected chi connectivity index (χ4v) is 1.08. The van der Waals surface area contributed by atoms with E-state index < -0.39 is 0 Å². The van der Waals surface area contributed by atoms with E-state index >= 15 is 0 Å². The Morgan fingerprint density at radius 3 is 2.55 bits per heavy atom. The Kier molecular flexibility index (Phi) is 3.17. The zero-order valence-electron chi connectivity index (χ0n) is 7.16. The van der Waals surface area contributed by atoms with Crippen molar-refractivity contribution in [1.82, 2.24) is 4.57 Å². The highest BCUT2D eigenvalue weighted by atomic mass is 16.5. The molecule has 2 heteroatoms. The number of ether oxygens (including phenoxy) is 1. The van der Waals surface area contributed by atoms with Gasteiger partial charge in [-0.25, -0.2) is 0 Å². The van der Waals surface area contributed by atoms with Gasteiger partial charge in [-0.1, -0.05) is 0 Å². The topological polar surface area (TPSA) is 14.2 Å². The highest BCUT2D eigenvalue weighted by molar-refractivity contribution is 4.92. The van der Waals surface area contributed by atoms with Gasteiger partial charge in [0.05, 0.1) is 0 Å². The van der Waals surface area contributed by atoms with Crippen LogP contribution in [0.2, 0.25) is 0 Å². The number of hydrogen-bond acceptors (Lipinski definition) is 1. The van der Waals surface area contributed by atoms with E-state index in [4.69, 9.17) is 4.74 Å². The quantitative estimate of drug-likeness (QED) is 0.646. The van der Waals surface area contributed by atoms with Gasteiger partial charge in [0.15, 0.2) is 0 Å². The molecule has 1 atom stereocenters. The maximum Gasteiger partial charge on any atom is 0.0481 e. The number of hydrogen-bond donors (Lipinski definition) is 0. The van der Waals surface area contributed by atoms with Gasteiger partial charge in [0.1, 0.15) is 0 Å².